The monoisotopic (exact) mass is 382 g/mol. The molecular formula is C18H18F4N4O. The van der Waals surface area contributed by atoms with Gasteiger partial charge in [-0.15, -0.1) is 0 Å². The van der Waals surface area contributed by atoms with Crippen molar-refractivity contribution in [3.63, 3.8) is 0 Å². The van der Waals surface area contributed by atoms with E-state index in [1.165, 1.54) is 6.07 Å². The lowest BCUT2D eigenvalue weighted by Gasteiger charge is -2.12. The number of carbonyl (C=O) groups is 1. The molecule has 0 bridgehead atoms. The van der Waals surface area contributed by atoms with Gasteiger partial charge in [-0.1, -0.05) is 6.07 Å². The Morgan fingerprint density at radius 3 is 2.67 bits per heavy atom. The molecular weight excluding hydrogens is 364 g/mol. The minimum atomic E-state index is -4.49. The topological polar surface area (TPSA) is 66.9 Å². The van der Waals surface area contributed by atoms with Crippen molar-refractivity contribution in [1.82, 2.24) is 20.6 Å². The lowest BCUT2D eigenvalue weighted by atomic mass is 10.0. The van der Waals surface area contributed by atoms with E-state index >= 15 is 0 Å². The third-order valence-corrected chi connectivity index (χ3v) is 4.36. The Labute approximate surface area is 153 Å². The van der Waals surface area contributed by atoms with E-state index in [1.54, 1.807) is 19.2 Å². The standard InChI is InChI=1S/C18H18F4N4O/c1-10-6-23-13(9-26-17(27)15-4-12(19)8-24-15)5-14(10)11-2-3-16(25-7-11)18(20,21)22/h2-3,5-7,12,15,24H,4,8-9H2,1H3,(H,26,27)/t12-,15+/m1/s1. The summed E-state index contributed by atoms with van der Waals surface area (Å²) < 4.78 is 51.1. The van der Waals surface area contributed by atoms with E-state index in [1.807, 2.05) is 0 Å². The second-order valence-electron chi connectivity index (χ2n) is 6.43. The van der Waals surface area contributed by atoms with Crippen molar-refractivity contribution in [2.24, 2.45) is 0 Å². The Morgan fingerprint density at radius 2 is 2.07 bits per heavy atom. The molecule has 2 aromatic rings. The molecule has 0 aliphatic carbocycles. The van der Waals surface area contributed by atoms with Crippen molar-refractivity contribution in [3.8, 4) is 11.1 Å². The third-order valence-electron chi connectivity index (χ3n) is 4.36. The van der Waals surface area contributed by atoms with Gasteiger partial charge in [0, 0.05) is 30.9 Å². The van der Waals surface area contributed by atoms with Crippen LogP contribution in [0, 0.1) is 6.92 Å². The fourth-order valence-corrected chi connectivity index (χ4v) is 2.89. The van der Waals surface area contributed by atoms with Crippen LogP contribution >= 0.6 is 0 Å². The summed E-state index contributed by atoms with van der Waals surface area (Å²) in [5.41, 5.74) is 1.55. The quantitative estimate of drug-likeness (QED) is 0.798. The molecule has 3 rings (SSSR count). The van der Waals surface area contributed by atoms with Crippen LogP contribution in [-0.4, -0.2) is 34.6 Å². The van der Waals surface area contributed by atoms with E-state index in [0.717, 1.165) is 17.8 Å². The molecule has 0 spiro atoms. The number of hydrogen-bond donors (Lipinski definition) is 2. The van der Waals surface area contributed by atoms with E-state index < -0.39 is 24.1 Å². The summed E-state index contributed by atoms with van der Waals surface area (Å²) in [6, 6.07) is 3.41. The van der Waals surface area contributed by atoms with E-state index in [9.17, 15) is 22.4 Å². The van der Waals surface area contributed by atoms with Crippen LogP contribution in [0.1, 0.15) is 23.4 Å². The van der Waals surface area contributed by atoms with Gasteiger partial charge in [-0.05, 0) is 30.2 Å². The number of pyridine rings is 2. The SMILES string of the molecule is Cc1cnc(CNC(=O)[C@@H]2C[C@@H](F)CN2)cc1-c1ccc(C(F)(F)F)nc1. The molecule has 3 heterocycles. The number of rotatable bonds is 4. The highest BCUT2D eigenvalue weighted by Gasteiger charge is 2.32. The molecule has 1 saturated heterocycles. The van der Waals surface area contributed by atoms with Gasteiger partial charge in [-0.25, -0.2) is 4.39 Å². The molecule has 1 amide bonds. The number of hydrogen-bond acceptors (Lipinski definition) is 4. The van der Waals surface area contributed by atoms with Crippen molar-refractivity contribution in [3.05, 3.63) is 47.5 Å². The van der Waals surface area contributed by atoms with Crippen LogP contribution < -0.4 is 10.6 Å². The highest BCUT2D eigenvalue weighted by atomic mass is 19.4. The number of nitrogens with one attached hydrogen (secondary N) is 2. The maximum absolute atomic E-state index is 13.2. The summed E-state index contributed by atoms with van der Waals surface area (Å²) in [5.74, 6) is -0.310. The zero-order valence-corrected chi connectivity index (χ0v) is 14.5. The highest BCUT2D eigenvalue weighted by molar-refractivity contribution is 5.82. The van der Waals surface area contributed by atoms with Gasteiger partial charge >= 0.3 is 6.18 Å². The van der Waals surface area contributed by atoms with Crippen molar-refractivity contribution >= 4 is 5.91 Å². The van der Waals surface area contributed by atoms with Crippen LogP contribution in [0.3, 0.4) is 0 Å². The number of halogens is 4. The first kappa shape index (κ1) is 19.2. The van der Waals surface area contributed by atoms with Gasteiger partial charge in [0.05, 0.1) is 18.3 Å². The Morgan fingerprint density at radius 1 is 1.30 bits per heavy atom. The summed E-state index contributed by atoms with van der Waals surface area (Å²) in [6.45, 7) is 2.08. The molecule has 0 saturated carbocycles. The fourth-order valence-electron chi connectivity index (χ4n) is 2.89. The van der Waals surface area contributed by atoms with Crippen molar-refractivity contribution in [2.45, 2.75) is 38.3 Å². The fraction of sp³-hybridized carbons (Fsp3) is 0.389. The van der Waals surface area contributed by atoms with E-state index in [2.05, 4.69) is 20.6 Å². The molecule has 1 aliphatic rings. The Hall–Kier alpha value is -2.55. The van der Waals surface area contributed by atoms with E-state index in [4.69, 9.17) is 0 Å². The molecule has 27 heavy (non-hydrogen) atoms. The first-order valence-electron chi connectivity index (χ1n) is 8.38. The predicted octanol–water partition coefficient (Wildman–Crippen LogP) is 2.79. The summed E-state index contributed by atoms with van der Waals surface area (Å²) >= 11 is 0. The van der Waals surface area contributed by atoms with Gasteiger partial charge < -0.3 is 10.6 Å². The van der Waals surface area contributed by atoms with Gasteiger partial charge in [0.25, 0.3) is 0 Å². The van der Waals surface area contributed by atoms with E-state index in [-0.39, 0.29) is 25.4 Å². The maximum Gasteiger partial charge on any atom is 0.433 e. The van der Waals surface area contributed by atoms with Crippen LogP contribution in [0.25, 0.3) is 11.1 Å². The number of carbonyl (C=O) groups excluding carboxylic acids is 1. The number of amides is 1. The molecule has 5 nitrogen and oxygen atoms in total. The number of nitrogens with zero attached hydrogens (tertiary/aromatic N) is 2. The second-order valence-corrected chi connectivity index (χ2v) is 6.43. The van der Waals surface area contributed by atoms with Gasteiger partial charge in [-0.3, -0.25) is 14.8 Å². The second kappa shape index (κ2) is 7.59. The van der Waals surface area contributed by atoms with Crippen molar-refractivity contribution in [1.29, 1.82) is 0 Å². The van der Waals surface area contributed by atoms with Crippen LogP contribution in [0.2, 0.25) is 0 Å². The summed E-state index contributed by atoms with van der Waals surface area (Å²) in [6.07, 6.45) is -2.64. The first-order valence-corrected chi connectivity index (χ1v) is 8.38. The van der Waals surface area contributed by atoms with Gasteiger partial charge in [-0.2, -0.15) is 13.2 Å². The molecule has 0 aromatic carbocycles. The molecule has 144 valence electrons. The zero-order valence-electron chi connectivity index (χ0n) is 14.5. The molecule has 0 unspecified atom stereocenters. The van der Waals surface area contributed by atoms with Crippen LogP contribution in [0.15, 0.2) is 30.6 Å². The normalized spacial score (nSPS) is 19.9. The molecule has 1 aliphatic heterocycles. The van der Waals surface area contributed by atoms with Gasteiger partial charge in [0.15, 0.2) is 0 Å². The molecule has 2 atom stereocenters. The Balaban J connectivity index is 1.71. The maximum atomic E-state index is 13.2. The average Bonchev–Trinajstić information content (AvgIpc) is 3.07. The van der Waals surface area contributed by atoms with Crippen molar-refractivity contribution in [2.75, 3.05) is 6.54 Å². The number of aromatic nitrogens is 2. The first-order chi connectivity index (χ1) is 12.7. The summed E-state index contributed by atoms with van der Waals surface area (Å²) in [4.78, 5) is 19.7. The molecule has 2 aromatic heterocycles. The summed E-state index contributed by atoms with van der Waals surface area (Å²) in [5, 5.41) is 5.49. The largest absolute Gasteiger partial charge is 0.433 e. The van der Waals surface area contributed by atoms with Crippen LogP contribution in [0.5, 0.6) is 0 Å². The molecule has 1 fully saturated rings. The minimum absolute atomic E-state index is 0.134. The number of alkyl halides is 4. The smallest absolute Gasteiger partial charge is 0.349 e. The third kappa shape index (κ3) is 4.60. The lowest BCUT2D eigenvalue weighted by molar-refractivity contribution is -0.141. The zero-order chi connectivity index (χ0) is 19.6. The predicted molar refractivity (Wildman–Crippen MR) is 90.4 cm³/mol. The van der Waals surface area contributed by atoms with Gasteiger partial charge in [0.1, 0.15) is 11.9 Å². The molecule has 0 radical (unpaired) electrons. The minimum Gasteiger partial charge on any atom is -0.349 e. The molecule has 9 heteroatoms. The highest BCUT2D eigenvalue weighted by Crippen LogP contribution is 2.30. The number of aryl methyl sites for hydroxylation is 1. The lowest BCUT2D eigenvalue weighted by Crippen LogP contribution is -2.40. The average molecular weight is 382 g/mol. The van der Waals surface area contributed by atoms with E-state index in [0.29, 0.717) is 16.8 Å². The van der Waals surface area contributed by atoms with Crippen molar-refractivity contribution < 1.29 is 22.4 Å². The van der Waals surface area contributed by atoms with Gasteiger partial charge in [0.2, 0.25) is 5.91 Å². The summed E-state index contributed by atoms with van der Waals surface area (Å²) in [7, 11) is 0. The van der Waals surface area contributed by atoms with Crippen LogP contribution in [0.4, 0.5) is 17.6 Å². The van der Waals surface area contributed by atoms with Crippen LogP contribution in [-0.2, 0) is 17.5 Å². The molecule has 2 N–H and O–H groups in total. The Bertz CT molecular complexity index is 823. The Kier molecular flexibility index (Phi) is 5.41.